The first kappa shape index (κ1) is 18.3. The molecule has 0 radical (unpaired) electrons. The molecule has 1 aliphatic rings. The van der Waals surface area contributed by atoms with Gasteiger partial charge in [-0.15, -0.1) is 0 Å². The van der Waals surface area contributed by atoms with Gasteiger partial charge in [-0.05, 0) is 46.1 Å². The molecule has 0 unspecified atom stereocenters. The van der Waals surface area contributed by atoms with Crippen molar-refractivity contribution in [1.29, 1.82) is 0 Å². The van der Waals surface area contributed by atoms with Gasteiger partial charge in [0.2, 0.25) is 5.91 Å². The summed E-state index contributed by atoms with van der Waals surface area (Å²) in [4.78, 5) is 26.1. The molecule has 2 amide bonds. The monoisotopic (exact) mass is 336 g/mol. The maximum absolute atomic E-state index is 12.6. The molecule has 1 aromatic heterocycles. The first-order valence-corrected chi connectivity index (χ1v) is 8.52. The number of aryl methyl sites for hydroxylation is 1. The smallest absolute Gasteiger partial charge is 0.407 e. The molecular weight excluding hydrogens is 308 g/mol. The van der Waals surface area contributed by atoms with Gasteiger partial charge in [0.25, 0.3) is 0 Å². The molecule has 24 heavy (non-hydrogen) atoms. The Labute approximate surface area is 143 Å². The number of carbonyl (C=O) groups excluding carboxylic acids is 2. The molecule has 1 fully saturated rings. The molecule has 7 nitrogen and oxygen atoms in total. The van der Waals surface area contributed by atoms with Gasteiger partial charge >= 0.3 is 6.09 Å². The van der Waals surface area contributed by atoms with Crippen LogP contribution in [0, 0.1) is 0 Å². The van der Waals surface area contributed by atoms with Crippen LogP contribution in [0.25, 0.3) is 0 Å². The number of nitrogens with one attached hydrogen (secondary N) is 1. The van der Waals surface area contributed by atoms with E-state index in [1.165, 1.54) is 0 Å². The SMILES string of the molecule is Cn1nccc1[C@@H]1CCCCN1C(=O)CCNC(=O)OC(C)(C)C. The predicted octanol–water partition coefficient (Wildman–Crippen LogP) is 2.39. The number of hydrogen-bond acceptors (Lipinski definition) is 4. The van der Waals surface area contributed by atoms with Crippen molar-refractivity contribution in [2.45, 2.75) is 58.1 Å². The van der Waals surface area contributed by atoms with Crippen molar-refractivity contribution >= 4 is 12.0 Å². The van der Waals surface area contributed by atoms with Crippen LogP contribution in [0.4, 0.5) is 4.79 Å². The summed E-state index contributed by atoms with van der Waals surface area (Å²) in [5.41, 5.74) is 0.522. The molecule has 1 saturated heterocycles. The number of hydrogen-bond donors (Lipinski definition) is 1. The number of aromatic nitrogens is 2. The second-order valence-corrected chi connectivity index (χ2v) is 7.16. The minimum Gasteiger partial charge on any atom is -0.444 e. The van der Waals surface area contributed by atoms with Gasteiger partial charge in [0.15, 0.2) is 0 Å². The lowest BCUT2D eigenvalue weighted by Gasteiger charge is -2.36. The first-order valence-electron chi connectivity index (χ1n) is 8.52. The van der Waals surface area contributed by atoms with Crippen LogP contribution in [0.15, 0.2) is 12.3 Å². The molecule has 1 aromatic rings. The third-order valence-corrected chi connectivity index (χ3v) is 4.03. The van der Waals surface area contributed by atoms with Gasteiger partial charge < -0.3 is 15.0 Å². The number of piperidine rings is 1. The van der Waals surface area contributed by atoms with Crippen molar-refractivity contribution in [3.05, 3.63) is 18.0 Å². The van der Waals surface area contributed by atoms with Crippen molar-refractivity contribution in [2.75, 3.05) is 13.1 Å². The number of nitrogens with zero attached hydrogens (tertiary/aromatic N) is 3. The van der Waals surface area contributed by atoms with Crippen LogP contribution in [0.1, 0.15) is 58.2 Å². The highest BCUT2D eigenvalue weighted by Crippen LogP contribution is 2.30. The van der Waals surface area contributed by atoms with Crippen molar-refractivity contribution in [3.63, 3.8) is 0 Å². The van der Waals surface area contributed by atoms with Gasteiger partial charge in [0.05, 0.1) is 11.7 Å². The standard InChI is InChI=1S/C17H28N4O3/c1-17(2,3)24-16(23)18-10-9-15(22)21-12-6-5-7-14(21)13-8-11-19-20(13)4/h8,11,14H,5-7,9-10,12H2,1-4H3,(H,18,23)/t14-/m0/s1. The normalized spacial score (nSPS) is 18.3. The molecule has 2 heterocycles. The number of amides is 2. The molecular formula is C17H28N4O3. The molecule has 2 rings (SSSR count). The molecule has 1 N–H and O–H groups in total. The van der Waals surface area contributed by atoms with Gasteiger partial charge in [0.1, 0.15) is 5.60 Å². The van der Waals surface area contributed by atoms with Crippen molar-refractivity contribution in [1.82, 2.24) is 20.0 Å². The van der Waals surface area contributed by atoms with Crippen molar-refractivity contribution in [3.8, 4) is 0 Å². The summed E-state index contributed by atoms with van der Waals surface area (Å²) >= 11 is 0. The zero-order chi connectivity index (χ0) is 17.7. The molecule has 134 valence electrons. The van der Waals surface area contributed by atoms with Gasteiger partial charge in [-0.25, -0.2) is 4.79 Å². The lowest BCUT2D eigenvalue weighted by atomic mass is 9.98. The van der Waals surface area contributed by atoms with Gasteiger partial charge in [-0.2, -0.15) is 5.10 Å². The molecule has 0 aliphatic carbocycles. The first-order chi connectivity index (χ1) is 11.3. The summed E-state index contributed by atoms with van der Waals surface area (Å²) in [5.74, 6) is 0.0527. The van der Waals surface area contributed by atoms with E-state index >= 15 is 0 Å². The number of likely N-dealkylation sites (tertiary alicyclic amines) is 1. The van der Waals surface area contributed by atoms with E-state index in [4.69, 9.17) is 4.74 Å². The minimum absolute atomic E-state index is 0.0527. The summed E-state index contributed by atoms with van der Waals surface area (Å²) in [5, 5.41) is 6.85. The van der Waals surface area contributed by atoms with Crippen LogP contribution in [-0.2, 0) is 16.6 Å². The predicted molar refractivity (Wildman–Crippen MR) is 90.4 cm³/mol. The molecule has 1 aliphatic heterocycles. The Morgan fingerprint density at radius 3 is 2.75 bits per heavy atom. The second-order valence-electron chi connectivity index (χ2n) is 7.16. The van der Waals surface area contributed by atoms with E-state index in [9.17, 15) is 9.59 Å². The number of carbonyl (C=O) groups is 2. The fraction of sp³-hybridized carbons (Fsp3) is 0.706. The minimum atomic E-state index is -0.536. The summed E-state index contributed by atoms with van der Waals surface area (Å²) < 4.78 is 7.00. The maximum Gasteiger partial charge on any atom is 0.407 e. The lowest BCUT2D eigenvalue weighted by molar-refractivity contribution is -0.135. The largest absolute Gasteiger partial charge is 0.444 e. The molecule has 0 aromatic carbocycles. The highest BCUT2D eigenvalue weighted by atomic mass is 16.6. The average molecular weight is 336 g/mol. The Hall–Kier alpha value is -2.05. The van der Waals surface area contributed by atoms with E-state index < -0.39 is 11.7 Å². The molecule has 0 saturated carbocycles. The van der Waals surface area contributed by atoms with E-state index in [-0.39, 0.29) is 24.9 Å². The van der Waals surface area contributed by atoms with Crippen molar-refractivity contribution < 1.29 is 14.3 Å². The van der Waals surface area contributed by atoms with Gasteiger partial charge in [-0.3, -0.25) is 9.48 Å². The Morgan fingerprint density at radius 1 is 1.38 bits per heavy atom. The van der Waals surface area contributed by atoms with E-state index in [2.05, 4.69) is 10.4 Å². The van der Waals surface area contributed by atoms with Crippen LogP contribution in [0.5, 0.6) is 0 Å². The van der Waals surface area contributed by atoms with Gasteiger partial charge in [-0.1, -0.05) is 0 Å². The fourth-order valence-corrected chi connectivity index (χ4v) is 2.98. The second kappa shape index (κ2) is 7.68. The Bertz CT molecular complexity index is 577. The van der Waals surface area contributed by atoms with E-state index in [0.29, 0.717) is 0 Å². The Kier molecular flexibility index (Phi) is 5.85. The fourth-order valence-electron chi connectivity index (χ4n) is 2.98. The highest BCUT2D eigenvalue weighted by Gasteiger charge is 2.29. The van der Waals surface area contributed by atoms with Crippen LogP contribution >= 0.6 is 0 Å². The number of rotatable bonds is 4. The third kappa shape index (κ3) is 4.97. The third-order valence-electron chi connectivity index (χ3n) is 4.03. The Morgan fingerprint density at radius 2 is 2.12 bits per heavy atom. The summed E-state index contributed by atoms with van der Waals surface area (Å²) in [6, 6.07) is 2.04. The summed E-state index contributed by atoms with van der Waals surface area (Å²) in [6.45, 7) is 6.46. The zero-order valence-corrected chi connectivity index (χ0v) is 15.0. The zero-order valence-electron chi connectivity index (χ0n) is 15.0. The topological polar surface area (TPSA) is 76.5 Å². The van der Waals surface area contributed by atoms with Crippen LogP contribution in [-0.4, -0.2) is 45.4 Å². The molecule has 0 spiro atoms. The quantitative estimate of drug-likeness (QED) is 0.916. The molecule has 1 atom stereocenters. The number of ether oxygens (including phenoxy) is 1. The number of alkyl carbamates (subject to hydrolysis) is 1. The molecule has 0 bridgehead atoms. The van der Waals surface area contributed by atoms with E-state index in [1.807, 2.05) is 43.5 Å². The average Bonchev–Trinajstić information content (AvgIpc) is 2.91. The molecule has 7 heteroatoms. The van der Waals surface area contributed by atoms with E-state index in [1.54, 1.807) is 6.20 Å². The lowest BCUT2D eigenvalue weighted by Crippen LogP contribution is -2.41. The Balaban J connectivity index is 1.88. The van der Waals surface area contributed by atoms with Crippen LogP contribution in [0.2, 0.25) is 0 Å². The van der Waals surface area contributed by atoms with Crippen molar-refractivity contribution in [2.24, 2.45) is 7.05 Å². The van der Waals surface area contributed by atoms with E-state index in [0.717, 1.165) is 31.5 Å². The maximum atomic E-state index is 12.6. The summed E-state index contributed by atoms with van der Waals surface area (Å²) in [6.07, 6.45) is 4.61. The summed E-state index contributed by atoms with van der Waals surface area (Å²) in [7, 11) is 1.90. The van der Waals surface area contributed by atoms with Crippen LogP contribution < -0.4 is 5.32 Å². The van der Waals surface area contributed by atoms with Crippen LogP contribution in [0.3, 0.4) is 0 Å². The highest BCUT2D eigenvalue weighted by molar-refractivity contribution is 5.77. The van der Waals surface area contributed by atoms with Gasteiger partial charge in [0, 0.05) is 32.8 Å².